The number of rotatable bonds is 10. The van der Waals surface area contributed by atoms with E-state index < -0.39 is 0 Å². The van der Waals surface area contributed by atoms with Crippen LogP contribution in [0, 0.1) is 11.7 Å². The molecule has 0 bridgehead atoms. The van der Waals surface area contributed by atoms with Gasteiger partial charge in [-0.05, 0) is 59.2 Å². The van der Waals surface area contributed by atoms with E-state index in [9.17, 15) is 14.0 Å². The minimum Gasteiger partial charge on any atom is -0.379 e. The Bertz CT molecular complexity index is 660. The topological polar surface area (TPSA) is 70.7 Å². The SMILES string of the molecule is CC(C)OCCCNC(=O)C1CCN(C(C)C(=O)NCc2ccccc2F)CC1. The molecule has 0 aliphatic carbocycles. The fourth-order valence-electron chi connectivity index (χ4n) is 3.43. The van der Waals surface area contributed by atoms with Gasteiger partial charge in [-0.15, -0.1) is 0 Å². The number of halogens is 1. The molecule has 29 heavy (non-hydrogen) atoms. The Morgan fingerprint density at radius 3 is 2.52 bits per heavy atom. The maximum Gasteiger partial charge on any atom is 0.237 e. The van der Waals surface area contributed by atoms with Gasteiger partial charge in [-0.3, -0.25) is 14.5 Å². The van der Waals surface area contributed by atoms with E-state index in [1.54, 1.807) is 18.2 Å². The van der Waals surface area contributed by atoms with Crippen LogP contribution in [0.3, 0.4) is 0 Å². The zero-order valence-electron chi connectivity index (χ0n) is 17.7. The highest BCUT2D eigenvalue weighted by Crippen LogP contribution is 2.19. The predicted octanol–water partition coefficient (Wildman–Crippen LogP) is 2.47. The van der Waals surface area contributed by atoms with Crippen molar-refractivity contribution in [2.75, 3.05) is 26.2 Å². The lowest BCUT2D eigenvalue weighted by Gasteiger charge is -2.34. The molecule has 6 nitrogen and oxygen atoms in total. The third-order valence-electron chi connectivity index (χ3n) is 5.31. The van der Waals surface area contributed by atoms with Crippen LogP contribution in [0.15, 0.2) is 24.3 Å². The molecule has 1 aliphatic heterocycles. The summed E-state index contributed by atoms with van der Waals surface area (Å²) >= 11 is 0. The number of hydrogen-bond donors (Lipinski definition) is 2. The number of nitrogens with zero attached hydrogens (tertiary/aromatic N) is 1. The highest BCUT2D eigenvalue weighted by atomic mass is 19.1. The molecule has 1 aliphatic rings. The number of ether oxygens (including phenoxy) is 1. The molecular formula is C22H34FN3O3. The van der Waals surface area contributed by atoms with Crippen LogP contribution >= 0.6 is 0 Å². The van der Waals surface area contributed by atoms with Crippen molar-refractivity contribution in [2.45, 2.75) is 58.7 Å². The van der Waals surface area contributed by atoms with Crippen LogP contribution in [0.25, 0.3) is 0 Å². The molecule has 2 amide bonds. The summed E-state index contributed by atoms with van der Waals surface area (Å²) in [6.45, 7) is 8.68. The van der Waals surface area contributed by atoms with Crippen molar-refractivity contribution in [2.24, 2.45) is 5.92 Å². The van der Waals surface area contributed by atoms with Gasteiger partial charge in [0.05, 0.1) is 12.1 Å². The third kappa shape index (κ3) is 7.74. The van der Waals surface area contributed by atoms with Crippen molar-refractivity contribution in [3.63, 3.8) is 0 Å². The van der Waals surface area contributed by atoms with Crippen molar-refractivity contribution in [1.82, 2.24) is 15.5 Å². The summed E-state index contributed by atoms with van der Waals surface area (Å²) in [5.41, 5.74) is 0.474. The van der Waals surface area contributed by atoms with Crippen LogP contribution in [0.1, 0.15) is 45.6 Å². The van der Waals surface area contributed by atoms with Gasteiger partial charge in [-0.25, -0.2) is 4.39 Å². The van der Waals surface area contributed by atoms with Gasteiger partial charge in [0.25, 0.3) is 0 Å². The van der Waals surface area contributed by atoms with E-state index >= 15 is 0 Å². The first kappa shape index (κ1) is 23.3. The Hall–Kier alpha value is -1.99. The molecule has 7 heteroatoms. The average molecular weight is 408 g/mol. The van der Waals surface area contributed by atoms with E-state index in [2.05, 4.69) is 15.5 Å². The summed E-state index contributed by atoms with van der Waals surface area (Å²) in [6.07, 6.45) is 2.49. The molecule has 0 spiro atoms. The molecule has 162 valence electrons. The number of benzene rings is 1. The number of hydrogen-bond acceptors (Lipinski definition) is 4. The summed E-state index contributed by atoms with van der Waals surface area (Å²) < 4.78 is 19.1. The lowest BCUT2D eigenvalue weighted by atomic mass is 9.95. The molecule has 0 radical (unpaired) electrons. The van der Waals surface area contributed by atoms with Crippen LogP contribution in [0.5, 0.6) is 0 Å². The van der Waals surface area contributed by atoms with Crippen LogP contribution in [-0.2, 0) is 20.9 Å². The molecule has 1 aromatic rings. The van der Waals surface area contributed by atoms with E-state index in [4.69, 9.17) is 4.74 Å². The van der Waals surface area contributed by atoms with Crippen LogP contribution in [-0.4, -0.2) is 55.1 Å². The van der Waals surface area contributed by atoms with E-state index in [1.807, 2.05) is 20.8 Å². The molecule has 1 unspecified atom stereocenters. The summed E-state index contributed by atoms with van der Waals surface area (Å²) in [7, 11) is 0. The van der Waals surface area contributed by atoms with Crippen LogP contribution in [0.4, 0.5) is 4.39 Å². The first-order valence-corrected chi connectivity index (χ1v) is 10.5. The zero-order valence-corrected chi connectivity index (χ0v) is 17.7. The molecule has 1 saturated heterocycles. The van der Waals surface area contributed by atoms with E-state index in [0.29, 0.717) is 31.8 Å². The Morgan fingerprint density at radius 2 is 1.86 bits per heavy atom. The summed E-state index contributed by atoms with van der Waals surface area (Å²) in [5.74, 6) is -0.360. The molecule has 1 aromatic carbocycles. The van der Waals surface area contributed by atoms with Gasteiger partial charge in [-0.2, -0.15) is 0 Å². The second-order valence-corrected chi connectivity index (χ2v) is 7.86. The standard InChI is InChI=1S/C22H34FN3O3/c1-16(2)29-14-6-11-24-22(28)18-9-12-26(13-10-18)17(3)21(27)25-15-19-7-4-5-8-20(19)23/h4-5,7-8,16-18H,6,9-15H2,1-3H3,(H,24,28)(H,25,27). The van der Waals surface area contributed by atoms with Gasteiger partial charge in [0.2, 0.25) is 11.8 Å². The molecule has 0 saturated carbocycles. The average Bonchev–Trinajstić information content (AvgIpc) is 2.72. The minimum absolute atomic E-state index is 0.00839. The van der Waals surface area contributed by atoms with Crippen molar-refractivity contribution in [3.8, 4) is 0 Å². The monoisotopic (exact) mass is 407 g/mol. The number of nitrogens with one attached hydrogen (secondary N) is 2. The highest BCUT2D eigenvalue weighted by molar-refractivity contribution is 5.81. The highest BCUT2D eigenvalue weighted by Gasteiger charge is 2.29. The molecule has 1 heterocycles. The Balaban J connectivity index is 1.67. The van der Waals surface area contributed by atoms with E-state index in [0.717, 1.165) is 19.3 Å². The first-order chi connectivity index (χ1) is 13.9. The minimum atomic E-state index is -0.317. The fraction of sp³-hybridized carbons (Fsp3) is 0.636. The maximum atomic E-state index is 13.7. The molecule has 1 fully saturated rings. The van der Waals surface area contributed by atoms with Crippen molar-refractivity contribution in [1.29, 1.82) is 0 Å². The van der Waals surface area contributed by atoms with Crippen molar-refractivity contribution in [3.05, 3.63) is 35.6 Å². The molecule has 1 atom stereocenters. The van der Waals surface area contributed by atoms with E-state index in [1.165, 1.54) is 6.07 Å². The predicted molar refractivity (Wildman–Crippen MR) is 111 cm³/mol. The quantitative estimate of drug-likeness (QED) is 0.585. The number of piperidine rings is 1. The van der Waals surface area contributed by atoms with Crippen molar-refractivity contribution >= 4 is 11.8 Å². The van der Waals surface area contributed by atoms with Gasteiger partial charge in [0, 0.05) is 31.2 Å². The molecular weight excluding hydrogens is 373 g/mol. The summed E-state index contributed by atoms with van der Waals surface area (Å²) in [5, 5.41) is 5.79. The maximum absolute atomic E-state index is 13.7. The molecule has 2 N–H and O–H groups in total. The normalized spacial score (nSPS) is 16.6. The number of amides is 2. The number of likely N-dealkylation sites (tertiary alicyclic amines) is 1. The van der Waals surface area contributed by atoms with Gasteiger partial charge in [-0.1, -0.05) is 18.2 Å². The van der Waals surface area contributed by atoms with Gasteiger partial charge in [0.15, 0.2) is 0 Å². The fourth-order valence-corrected chi connectivity index (χ4v) is 3.43. The third-order valence-corrected chi connectivity index (χ3v) is 5.31. The Kier molecular flexibility index (Phi) is 9.54. The van der Waals surface area contributed by atoms with Crippen molar-refractivity contribution < 1.29 is 18.7 Å². The van der Waals surface area contributed by atoms with Gasteiger partial charge in [0.1, 0.15) is 5.82 Å². The first-order valence-electron chi connectivity index (χ1n) is 10.5. The number of carbonyl (C=O) groups is 2. The van der Waals surface area contributed by atoms with Gasteiger partial charge >= 0.3 is 0 Å². The van der Waals surface area contributed by atoms with E-state index in [-0.39, 0.29) is 42.2 Å². The van der Waals surface area contributed by atoms with Gasteiger partial charge < -0.3 is 15.4 Å². The second-order valence-electron chi connectivity index (χ2n) is 7.86. The van der Waals surface area contributed by atoms with Crippen LogP contribution in [0.2, 0.25) is 0 Å². The summed E-state index contributed by atoms with van der Waals surface area (Å²) in [4.78, 5) is 26.8. The lowest BCUT2D eigenvalue weighted by Crippen LogP contribution is -2.49. The zero-order chi connectivity index (χ0) is 21.2. The van der Waals surface area contributed by atoms with Crippen LogP contribution < -0.4 is 10.6 Å². The lowest BCUT2D eigenvalue weighted by molar-refractivity contribution is -0.128. The molecule has 0 aromatic heterocycles. The Morgan fingerprint density at radius 1 is 1.17 bits per heavy atom. The Labute approximate surface area is 173 Å². The summed E-state index contributed by atoms with van der Waals surface area (Å²) in [6, 6.07) is 6.13. The number of carbonyl (C=O) groups excluding carboxylic acids is 2. The second kappa shape index (κ2) is 11.9. The smallest absolute Gasteiger partial charge is 0.237 e. The largest absolute Gasteiger partial charge is 0.379 e. The molecule has 2 rings (SSSR count).